The number of hydrogen-bond acceptors (Lipinski definition) is 2. The van der Waals surface area contributed by atoms with Crippen LogP contribution in [0.4, 0.5) is 0 Å². The van der Waals surface area contributed by atoms with Gasteiger partial charge in [0.15, 0.2) is 0 Å². The highest BCUT2D eigenvalue weighted by Crippen LogP contribution is 2.14. The number of hydrogen-bond donors (Lipinski definition) is 0. The Morgan fingerprint density at radius 3 is 3.08 bits per heavy atom. The van der Waals surface area contributed by atoms with E-state index >= 15 is 0 Å². The number of carbonyl (C=O) groups excluding carboxylic acids is 1. The number of ether oxygens (including phenoxy) is 1. The van der Waals surface area contributed by atoms with Crippen molar-refractivity contribution in [2.45, 2.75) is 25.9 Å². The molecule has 0 saturated heterocycles. The minimum Gasteiger partial charge on any atom is -0.450 e. The lowest BCUT2D eigenvalue weighted by atomic mass is 10.1. The van der Waals surface area contributed by atoms with Crippen molar-refractivity contribution in [1.82, 2.24) is 0 Å². The first-order valence-corrected chi connectivity index (χ1v) is 4.48. The highest BCUT2D eigenvalue weighted by molar-refractivity contribution is 5.84. The van der Waals surface area contributed by atoms with Gasteiger partial charge in [0.05, 0.1) is 0 Å². The van der Waals surface area contributed by atoms with Gasteiger partial charge in [-0.2, -0.15) is 0 Å². The lowest BCUT2D eigenvalue weighted by Crippen LogP contribution is -2.19. The molecule has 2 heteroatoms. The van der Waals surface area contributed by atoms with Crippen molar-refractivity contribution in [3.63, 3.8) is 0 Å². The van der Waals surface area contributed by atoms with Crippen LogP contribution in [-0.4, -0.2) is 12.1 Å². The third kappa shape index (κ3) is 2.90. The van der Waals surface area contributed by atoms with E-state index < -0.39 is 0 Å². The molecule has 0 radical (unpaired) electrons. The molecule has 0 aromatic carbocycles. The molecule has 0 saturated carbocycles. The number of rotatable bonds is 3. The van der Waals surface area contributed by atoms with Crippen molar-refractivity contribution in [1.29, 1.82) is 0 Å². The highest BCUT2D eigenvalue weighted by Gasteiger charge is 2.15. The molecule has 0 fully saturated rings. The predicted molar refractivity (Wildman–Crippen MR) is 52.2 cm³/mol. The average molecular weight is 178 g/mol. The monoisotopic (exact) mass is 178 g/mol. The van der Waals surface area contributed by atoms with Crippen LogP contribution in [0.5, 0.6) is 0 Å². The fourth-order valence-electron chi connectivity index (χ4n) is 1.06. The van der Waals surface area contributed by atoms with E-state index in [4.69, 9.17) is 4.74 Å². The molecular formula is C11H14O2. The molecule has 0 amide bonds. The third-order valence-corrected chi connectivity index (χ3v) is 1.81. The molecule has 1 aliphatic rings. The van der Waals surface area contributed by atoms with Gasteiger partial charge >= 0.3 is 5.97 Å². The molecular weight excluding hydrogens is 164 g/mol. The molecule has 1 aliphatic heterocycles. The lowest BCUT2D eigenvalue weighted by molar-refractivity contribution is -0.140. The van der Waals surface area contributed by atoms with Crippen molar-refractivity contribution < 1.29 is 9.53 Å². The van der Waals surface area contributed by atoms with E-state index in [1.165, 1.54) is 6.08 Å². The van der Waals surface area contributed by atoms with Gasteiger partial charge < -0.3 is 4.74 Å². The molecule has 0 N–H and O–H groups in total. The largest absolute Gasteiger partial charge is 0.450 e. The van der Waals surface area contributed by atoms with E-state index in [1.54, 1.807) is 6.08 Å². The van der Waals surface area contributed by atoms with E-state index in [9.17, 15) is 4.79 Å². The maximum Gasteiger partial charge on any atom is 0.331 e. The number of allylic oxidation sites excluding steroid dienone is 1. The normalized spacial score (nSPS) is 22.4. The van der Waals surface area contributed by atoms with E-state index in [0.29, 0.717) is 0 Å². The Hall–Kier alpha value is -1.31. The maximum atomic E-state index is 10.9. The Morgan fingerprint density at radius 2 is 2.38 bits per heavy atom. The highest BCUT2D eigenvalue weighted by atomic mass is 16.5. The second kappa shape index (κ2) is 4.65. The number of cyclic esters (lactones) is 1. The predicted octanol–water partition coefficient (Wildman–Crippen LogP) is 2.38. The number of unbranched alkanes of at least 4 members (excludes halogenated alkanes) is 1. The van der Waals surface area contributed by atoms with Crippen LogP contribution < -0.4 is 0 Å². The molecule has 70 valence electrons. The van der Waals surface area contributed by atoms with Crippen LogP contribution in [0.1, 0.15) is 19.8 Å². The van der Waals surface area contributed by atoms with Crippen LogP contribution in [-0.2, 0) is 9.53 Å². The maximum absolute atomic E-state index is 10.9. The van der Waals surface area contributed by atoms with Gasteiger partial charge in [0.1, 0.15) is 6.10 Å². The van der Waals surface area contributed by atoms with Crippen molar-refractivity contribution in [3.05, 3.63) is 36.5 Å². The lowest BCUT2D eigenvalue weighted by Gasteiger charge is -2.17. The molecule has 1 rings (SSSR count). The Labute approximate surface area is 78.6 Å². The summed E-state index contributed by atoms with van der Waals surface area (Å²) in [6.45, 7) is 5.90. The van der Waals surface area contributed by atoms with Crippen LogP contribution in [0.25, 0.3) is 0 Å². The smallest absolute Gasteiger partial charge is 0.331 e. The summed E-state index contributed by atoms with van der Waals surface area (Å²) < 4.78 is 5.03. The molecule has 1 heterocycles. The fourth-order valence-corrected chi connectivity index (χ4v) is 1.06. The first-order valence-electron chi connectivity index (χ1n) is 4.48. The molecule has 0 spiro atoms. The first-order chi connectivity index (χ1) is 6.24. The summed E-state index contributed by atoms with van der Waals surface area (Å²) in [6.07, 6.45) is 8.84. The average Bonchev–Trinajstić information content (AvgIpc) is 2.11. The zero-order valence-corrected chi connectivity index (χ0v) is 7.82. The first kappa shape index (κ1) is 9.78. The minimum absolute atomic E-state index is 0.260. The van der Waals surface area contributed by atoms with Crippen molar-refractivity contribution in [3.8, 4) is 0 Å². The zero-order valence-electron chi connectivity index (χ0n) is 7.82. The van der Waals surface area contributed by atoms with Crippen LogP contribution >= 0.6 is 0 Å². The molecule has 0 aromatic heterocycles. The Kier molecular flexibility index (Phi) is 3.50. The molecule has 1 unspecified atom stereocenters. The molecule has 13 heavy (non-hydrogen) atoms. The second-order valence-corrected chi connectivity index (χ2v) is 2.98. The van der Waals surface area contributed by atoms with E-state index in [0.717, 1.165) is 18.4 Å². The van der Waals surface area contributed by atoms with Gasteiger partial charge in [-0.05, 0) is 24.1 Å². The van der Waals surface area contributed by atoms with Crippen LogP contribution in [0.15, 0.2) is 36.5 Å². The van der Waals surface area contributed by atoms with Crippen molar-refractivity contribution in [2.75, 3.05) is 0 Å². The summed E-state index contributed by atoms with van der Waals surface area (Å²) in [6, 6.07) is 0. The van der Waals surface area contributed by atoms with Crippen LogP contribution in [0.3, 0.4) is 0 Å². The fraction of sp³-hybridized carbons (Fsp3) is 0.364. The van der Waals surface area contributed by atoms with Gasteiger partial charge in [-0.3, -0.25) is 0 Å². The van der Waals surface area contributed by atoms with Crippen molar-refractivity contribution >= 4 is 5.97 Å². The molecule has 1 atom stereocenters. The van der Waals surface area contributed by atoms with Gasteiger partial charge in [0, 0.05) is 6.08 Å². The summed E-state index contributed by atoms with van der Waals surface area (Å²) in [5.41, 5.74) is 0.826. The molecule has 0 bridgehead atoms. The summed E-state index contributed by atoms with van der Waals surface area (Å²) in [5, 5.41) is 0. The molecule has 0 aromatic rings. The summed E-state index contributed by atoms with van der Waals surface area (Å²) in [5.74, 6) is -0.293. The summed E-state index contributed by atoms with van der Waals surface area (Å²) in [4.78, 5) is 10.9. The number of carbonyl (C=O) groups is 1. The van der Waals surface area contributed by atoms with Gasteiger partial charge in [0.2, 0.25) is 0 Å². The van der Waals surface area contributed by atoms with Crippen LogP contribution in [0.2, 0.25) is 0 Å². The topological polar surface area (TPSA) is 26.3 Å². The van der Waals surface area contributed by atoms with Crippen LogP contribution in [0, 0.1) is 0 Å². The van der Waals surface area contributed by atoms with E-state index in [2.05, 4.69) is 13.5 Å². The van der Waals surface area contributed by atoms with E-state index in [-0.39, 0.29) is 12.1 Å². The van der Waals surface area contributed by atoms with Gasteiger partial charge in [0.25, 0.3) is 0 Å². The minimum atomic E-state index is -0.293. The molecule has 2 nitrogen and oxygen atoms in total. The summed E-state index contributed by atoms with van der Waals surface area (Å²) in [7, 11) is 0. The summed E-state index contributed by atoms with van der Waals surface area (Å²) >= 11 is 0. The van der Waals surface area contributed by atoms with E-state index in [1.807, 2.05) is 12.2 Å². The zero-order chi connectivity index (χ0) is 9.68. The Bertz CT molecular complexity index is 261. The SMILES string of the molecule is C=C1C=CC(=O)OC1/C=C/CCC. The Balaban J connectivity index is 2.55. The van der Waals surface area contributed by atoms with Gasteiger partial charge in [-0.15, -0.1) is 0 Å². The van der Waals surface area contributed by atoms with Gasteiger partial charge in [-0.1, -0.05) is 26.0 Å². The quantitative estimate of drug-likeness (QED) is 0.490. The third-order valence-electron chi connectivity index (χ3n) is 1.81. The van der Waals surface area contributed by atoms with Crippen molar-refractivity contribution in [2.24, 2.45) is 0 Å². The Morgan fingerprint density at radius 1 is 1.62 bits per heavy atom. The number of esters is 1. The van der Waals surface area contributed by atoms with Gasteiger partial charge in [-0.25, -0.2) is 4.79 Å². The second-order valence-electron chi connectivity index (χ2n) is 2.98. The molecule has 0 aliphatic carbocycles. The standard InChI is InChI=1S/C11H14O2/c1-3-4-5-6-10-9(2)7-8-11(12)13-10/h5-8,10H,2-4H2,1H3/b6-5+.